The second kappa shape index (κ2) is 6.37. The summed E-state index contributed by atoms with van der Waals surface area (Å²) in [5.41, 5.74) is 0.637. The average Bonchev–Trinajstić information content (AvgIpc) is 2.37. The first-order valence-corrected chi connectivity index (χ1v) is 7.57. The molecule has 1 saturated carbocycles. The Kier molecular flexibility index (Phi) is 4.80. The maximum Gasteiger partial charge on any atom is 0.257 e. The summed E-state index contributed by atoms with van der Waals surface area (Å²) in [4.78, 5) is 18.8. The summed E-state index contributed by atoms with van der Waals surface area (Å²) in [7, 11) is 1.79. The van der Waals surface area contributed by atoms with E-state index in [0.717, 1.165) is 17.6 Å². The Morgan fingerprint density at radius 2 is 2.32 bits per heavy atom. The van der Waals surface area contributed by atoms with Crippen LogP contribution < -0.4 is 5.32 Å². The third-order valence-corrected chi connectivity index (χ3v) is 4.13. The zero-order valence-electron chi connectivity index (χ0n) is 11.4. The van der Waals surface area contributed by atoms with Crippen molar-refractivity contribution in [3.05, 3.63) is 22.3 Å². The lowest BCUT2D eigenvalue weighted by molar-refractivity contribution is 0.0707. The molecular weight excluding hydrogens is 306 g/mol. The molecule has 1 aliphatic rings. The Balaban J connectivity index is 2.17. The lowest BCUT2D eigenvalue weighted by Gasteiger charge is -2.32. The highest BCUT2D eigenvalue weighted by atomic mass is 79.9. The van der Waals surface area contributed by atoms with Gasteiger partial charge in [-0.2, -0.15) is 0 Å². The van der Waals surface area contributed by atoms with Crippen LogP contribution in [0.3, 0.4) is 0 Å². The summed E-state index contributed by atoms with van der Waals surface area (Å²) in [5.74, 6) is 1.38. The summed E-state index contributed by atoms with van der Waals surface area (Å²) in [6.07, 6.45) is 5.50. The Morgan fingerprint density at radius 1 is 1.58 bits per heavy atom. The molecule has 2 rings (SSSR count). The summed E-state index contributed by atoms with van der Waals surface area (Å²) < 4.78 is 0.828. The number of hydrogen-bond donors (Lipinski definition) is 1. The van der Waals surface area contributed by atoms with E-state index in [1.54, 1.807) is 13.2 Å². The number of nitrogens with one attached hydrogen (secondary N) is 1. The van der Waals surface area contributed by atoms with Gasteiger partial charge in [0.1, 0.15) is 5.82 Å². The fraction of sp³-hybridized carbons (Fsp3) is 0.571. The SMILES string of the molecule is CCN(CC1CCC1)C(=O)c1cc(Br)cnc1NC. The maximum atomic E-state index is 12.6. The van der Waals surface area contributed by atoms with E-state index in [2.05, 4.69) is 26.2 Å². The topological polar surface area (TPSA) is 45.2 Å². The van der Waals surface area contributed by atoms with Crippen LogP contribution in [-0.2, 0) is 0 Å². The molecule has 0 aliphatic heterocycles. The zero-order chi connectivity index (χ0) is 13.8. The van der Waals surface area contributed by atoms with Crippen molar-refractivity contribution in [1.82, 2.24) is 9.88 Å². The Labute approximate surface area is 122 Å². The number of carbonyl (C=O) groups is 1. The molecule has 4 nitrogen and oxygen atoms in total. The fourth-order valence-corrected chi connectivity index (χ4v) is 2.65. The quantitative estimate of drug-likeness (QED) is 0.904. The molecule has 1 aromatic rings. The summed E-state index contributed by atoms with van der Waals surface area (Å²) in [6, 6.07) is 1.84. The standard InChI is InChI=1S/C14H20BrN3O/c1-3-18(9-10-5-4-6-10)14(19)12-7-11(15)8-17-13(12)16-2/h7-8,10H,3-6,9H2,1-2H3,(H,16,17). The lowest BCUT2D eigenvalue weighted by Crippen LogP contribution is -2.37. The van der Waals surface area contributed by atoms with E-state index in [1.165, 1.54) is 19.3 Å². The van der Waals surface area contributed by atoms with Crippen molar-refractivity contribution in [2.45, 2.75) is 26.2 Å². The van der Waals surface area contributed by atoms with Gasteiger partial charge in [0.05, 0.1) is 5.56 Å². The zero-order valence-corrected chi connectivity index (χ0v) is 13.0. The molecular formula is C14H20BrN3O. The smallest absolute Gasteiger partial charge is 0.257 e. The Morgan fingerprint density at radius 3 is 2.84 bits per heavy atom. The highest BCUT2D eigenvalue weighted by Gasteiger charge is 2.25. The molecule has 0 aromatic carbocycles. The van der Waals surface area contributed by atoms with Crippen LogP contribution in [0.1, 0.15) is 36.5 Å². The molecule has 1 N–H and O–H groups in total. The maximum absolute atomic E-state index is 12.6. The monoisotopic (exact) mass is 325 g/mol. The first kappa shape index (κ1) is 14.3. The van der Waals surface area contributed by atoms with Crippen LogP contribution in [0.25, 0.3) is 0 Å². The lowest BCUT2D eigenvalue weighted by atomic mass is 9.85. The van der Waals surface area contributed by atoms with Gasteiger partial charge in [0.15, 0.2) is 0 Å². The molecule has 104 valence electrons. The number of carbonyl (C=O) groups excluding carboxylic acids is 1. The summed E-state index contributed by atoms with van der Waals surface area (Å²) in [5, 5.41) is 2.98. The number of amides is 1. The predicted molar refractivity (Wildman–Crippen MR) is 80.4 cm³/mol. The van der Waals surface area contributed by atoms with Gasteiger partial charge in [-0.1, -0.05) is 6.42 Å². The van der Waals surface area contributed by atoms with E-state index < -0.39 is 0 Å². The molecule has 1 amide bonds. The van der Waals surface area contributed by atoms with Crippen LogP contribution in [0, 0.1) is 5.92 Å². The molecule has 1 aromatic heterocycles. The first-order valence-electron chi connectivity index (χ1n) is 6.78. The number of aromatic nitrogens is 1. The number of rotatable bonds is 5. The van der Waals surface area contributed by atoms with Crippen molar-refractivity contribution in [3.8, 4) is 0 Å². The van der Waals surface area contributed by atoms with E-state index in [-0.39, 0.29) is 5.91 Å². The molecule has 0 saturated heterocycles. The number of hydrogen-bond acceptors (Lipinski definition) is 3. The van der Waals surface area contributed by atoms with Gasteiger partial charge in [0.25, 0.3) is 5.91 Å². The third-order valence-electron chi connectivity index (χ3n) is 3.69. The molecule has 1 fully saturated rings. The van der Waals surface area contributed by atoms with Gasteiger partial charge in [-0.15, -0.1) is 0 Å². The molecule has 0 spiro atoms. The second-order valence-electron chi connectivity index (χ2n) is 4.94. The van der Waals surface area contributed by atoms with Crippen LogP contribution in [0.4, 0.5) is 5.82 Å². The van der Waals surface area contributed by atoms with Gasteiger partial charge >= 0.3 is 0 Å². The molecule has 0 bridgehead atoms. The molecule has 1 heterocycles. The largest absolute Gasteiger partial charge is 0.372 e. The van der Waals surface area contributed by atoms with Gasteiger partial charge in [0.2, 0.25) is 0 Å². The average molecular weight is 326 g/mol. The van der Waals surface area contributed by atoms with Gasteiger partial charge < -0.3 is 10.2 Å². The third kappa shape index (κ3) is 3.26. The van der Waals surface area contributed by atoms with E-state index in [9.17, 15) is 4.79 Å². The summed E-state index contributed by atoms with van der Waals surface area (Å²) >= 11 is 3.38. The van der Waals surface area contributed by atoms with Gasteiger partial charge in [0, 0.05) is 30.8 Å². The highest BCUT2D eigenvalue weighted by Crippen LogP contribution is 2.28. The minimum absolute atomic E-state index is 0.0625. The van der Waals surface area contributed by atoms with Gasteiger partial charge in [-0.05, 0) is 47.7 Å². The minimum atomic E-state index is 0.0625. The Hall–Kier alpha value is -1.10. The van der Waals surface area contributed by atoms with Crippen molar-refractivity contribution < 1.29 is 4.79 Å². The van der Waals surface area contributed by atoms with Crippen molar-refractivity contribution in [1.29, 1.82) is 0 Å². The number of halogens is 1. The number of pyridine rings is 1. The van der Waals surface area contributed by atoms with Crippen molar-refractivity contribution >= 4 is 27.7 Å². The van der Waals surface area contributed by atoms with Crippen LogP contribution in [-0.4, -0.2) is 35.9 Å². The number of anilines is 1. The van der Waals surface area contributed by atoms with Crippen LogP contribution in [0.2, 0.25) is 0 Å². The second-order valence-corrected chi connectivity index (χ2v) is 5.86. The van der Waals surface area contributed by atoms with Crippen molar-refractivity contribution in [2.75, 3.05) is 25.5 Å². The predicted octanol–water partition coefficient (Wildman–Crippen LogP) is 3.15. The molecule has 1 aliphatic carbocycles. The van der Waals surface area contributed by atoms with Gasteiger partial charge in [-0.3, -0.25) is 4.79 Å². The normalized spacial score (nSPS) is 14.9. The molecule has 0 unspecified atom stereocenters. The van der Waals surface area contributed by atoms with Crippen LogP contribution >= 0.6 is 15.9 Å². The Bertz CT molecular complexity index is 460. The van der Waals surface area contributed by atoms with Crippen molar-refractivity contribution in [2.24, 2.45) is 5.92 Å². The van der Waals surface area contributed by atoms with Crippen molar-refractivity contribution in [3.63, 3.8) is 0 Å². The number of nitrogens with zero attached hydrogens (tertiary/aromatic N) is 2. The van der Waals surface area contributed by atoms with E-state index in [1.807, 2.05) is 17.9 Å². The van der Waals surface area contributed by atoms with E-state index >= 15 is 0 Å². The first-order chi connectivity index (χ1) is 9.15. The van der Waals surface area contributed by atoms with Crippen LogP contribution in [0.5, 0.6) is 0 Å². The van der Waals surface area contributed by atoms with E-state index in [4.69, 9.17) is 0 Å². The molecule has 5 heteroatoms. The molecule has 0 radical (unpaired) electrons. The summed E-state index contributed by atoms with van der Waals surface area (Å²) in [6.45, 7) is 3.64. The highest BCUT2D eigenvalue weighted by molar-refractivity contribution is 9.10. The fourth-order valence-electron chi connectivity index (χ4n) is 2.31. The molecule has 0 atom stereocenters. The van der Waals surface area contributed by atoms with Crippen LogP contribution in [0.15, 0.2) is 16.7 Å². The minimum Gasteiger partial charge on any atom is -0.372 e. The van der Waals surface area contributed by atoms with E-state index in [0.29, 0.717) is 17.3 Å². The molecule has 19 heavy (non-hydrogen) atoms. The van der Waals surface area contributed by atoms with Gasteiger partial charge in [-0.25, -0.2) is 4.98 Å².